The molecule has 2 aliphatic heterocycles. The average molecular weight is 290 g/mol. The molecule has 1 saturated heterocycles. The van der Waals surface area contributed by atoms with E-state index < -0.39 is 0 Å². The summed E-state index contributed by atoms with van der Waals surface area (Å²) in [5.41, 5.74) is -0.342. The Labute approximate surface area is 127 Å². The lowest BCUT2D eigenvalue weighted by molar-refractivity contribution is -0.121. The monoisotopic (exact) mass is 290 g/mol. The molecule has 0 aromatic rings. The second kappa shape index (κ2) is 7.04. The van der Waals surface area contributed by atoms with Crippen molar-refractivity contribution in [2.75, 3.05) is 19.6 Å². The Hall–Kier alpha value is -1.41. The highest BCUT2D eigenvalue weighted by Gasteiger charge is 2.39. The van der Waals surface area contributed by atoms with Crippen LogP contribution < -0.4 is 5.32 Å². The van der Waals surface area contributed by atoms with Crippen LogP contribution in [0.4, 0.5) is 0 Å². The van der Waals surface area contributed by atoms with Gasteiger partial charge in [0, 0.05) is 44.8 Å². The minimum atomic E-state index is -0.342. The van der Waals surface area contributed by atoms with Crippen LogP contribution in [-0.2, 0) is 4.79 Å². The first-order valence-corrected chi connectivity index (χ1v) is 7.93. The molecule has 0 aromatic carbocycles. The number of amides is 1. The summed E-state index contributed by atoms with van der Waals surface area (Å²) < 4.78 is 0. The number of nitrogens with one attached hydrogen (secondary N) is 1. The summed E-state index contributed by atoms with van der Waals surface area (Å²) in [5.74, 6) is 3.29. The normalized spacial score (nSPS) is 23.2. The highest BCUT2D eigenvalue weighted by atomic mass is 16.1. The number of likely N-dealkylation sites (tertiary alicyclic amines) is 1. The molecule has 5 heteroatoms. The zero-order chi connectivity index (χ0) is 15.3. The molecule has 0 saturated carbocycles. The largest absolute Gasteiger partial charge is 0.356 e. The van der Waals surface area contributed by atoms with Gasteiger partial charge in [0.25, 0.3) is 0 Å². The molecule has 1 fully saturated rings. The van der Waals surface area contributed by atoms with Crippen molar-refractivity contribution in [3.63, 3.8) is 0 Å². The molecule has 1 N–H and O–H groups in total. The van der Waals surface area contributed by atoms with Crippen LogP contribution in [0.15, 0.2) is 10.2 Å². The molecule has 0 aliphatic carbocycles. The number of hydrogen-bond donors (Lipinski definition) is 1. The van der Waals surface area contributed by atoms with Gasteiger partial charge < -0.3 is 10.2 Å². The molecule has 2 aliphatic rings. The van der Waals surface area contributed by atoms with Crippen LogP contribution >= 0.6 is 0 Å². The smallest absolute Gasteiger partial charge is 0.220 e. The lowest BCUT2D eigenvalue weighted by atomic mass is 10.0. The van der Waals surface area contributed by atoms with Gasteiger partial charge in [-0.25, -0.2) is 0 Å². The Bertz CT molecular complexity index is 432. The van der Waals surface area contributed by atoms with Crippen molar-refractivity contribution >= 4 is 5.91 Å². The molecule has 21 heavy (non-hydrogen) atoms. The second-order valence-corrected chi connectivity index (χ2v) is 6.43. The Morgan fingerprint density at radius 3 is 2.81 bits per heavy atom. The molecule has 1 atom stereocenters. The number of nitrogens with zero attached hydrogens (tertiary/aromatic N) is 3. The summed E-state index contributed by atoms with van der Waals surface area (Å²) in [6, 6.07) is 0.597. The quantitative estimate of drug-likeness (QED) is 0.697. The fourth-order valence-corrected chi connectivity index (χ4v) is 2.83. The van der Waals surface area contributed by atoms with Crippen molar-refractivity contribution in [1.29, 1.82) is 0 Å². The zero-order valence-corrected chi connectivity index (χ0v) is 13.1. The fourth-order valence-electron chi connectivity index (χ4n) is 2.83. The maximum Gasteiger partial charge on any atom is 0.220 e. The van der Waals surface area contributed by atoms with Crippen molar-refractivity contribution in [1.82, 2.24) is 10.2 Å². The molecular weight excluding hydrogens is 264 g/mol. The van der Waals surface area contributed by atoms with E-state index in [9.17, 15) is 4.79 Å². The van der Waals surface area contributed by atoms with E-state index in [1.54, 1.807) is 0 Å². The Kier molecular flexibility index (Phi) is 5.35. The van der Waals surface area contributed by atoms with E-state index in [1.165, 1.54) is 6.42 Å². The van der Waals surface area contributed by atoms with E-state index in [1.807, 2.05) is 0 Å². The molecule has 0 aromatic heterocycles. The highest BCUT2D eigenvalue weighted by molar-refractivity contribution is 5.76. The van der Waals surface area contributed by atoms with E-state index >= 15 is 0 Å². The van der Waals surface area contributed by atoms with Crippen LogP contribution in [0.5, 0.6) is 0 Å². The lowest BCUT2D eigenvalue weighted by Gasteiger charge is -2.20. The van der Waals surface area contributed by atoms with Crippen LogP contribution in [-0.4, -0.2) is 42.1 Å². The van der Waals surface area contributed by atoms with E-state index in [-0.39, 0.29) is 11.6 Å². The number of hydrogen-bond acceptors (Lipinski definition) is 4. The maximum absolute atomic E-state index is 11.9. The third-order valence-corrected chi connectivity index (χ3v) is 4.44. The fraction of sp³-hybridized carbons (Fsp3) is 0.812. The summed E-state index contributed by atoms with van der Waals surface area (Å²) in [5, 5.41) is 11.2. The molecule has 0 spiro atoms. The van der Waals surface area contributed by atoms with Gasteiger partial charge in [-0.05, 0) is 32.7 Å². The molecule has 0 bridgehead atoms. The van der Waals surface area contributed by atoms with Gasteiger partial charge in [-0.2, -0.15) is 10.2 Å². The molecule has 116 valence electrons. The minimum Gasteiger partial charge on any atom is -0.356 e. The van der Waals surface area contributed by atoms with Gasteiger partial charge in [-0.3, -0.25) is 4.79 Å². The van der Waals surface area contributed by atoms with Gasteiger partial charge in [0.2, 0.25) is 5.91 Å². The second-order valence-electron chi connectivity index (χ2n) is 6.43. The molecule has 1 amide bonds. The van der Waals surface area contributed by atoms with E-state index in [0.29, 0.717) is 31.2 Å². The summed E-state index contributed by atoms with van der Waals surface area (Å²) in [7, 11) is 0. The topological polar surface area (TPSA) is 57.1 Å². The van der Waals surface area contributed by atoms with Gasteiger partial charge in [-0.15, -0.1) is 12.3 Å². The van der Waals surface area contributed by atoms with Crippen molar-refractivity contribution < 1.29 is 4.79 Å². The standard InChI is InChI=1S/C16H26N4O/c1-4-5-8-16(18-19-16)9-6-15(21)17-11-14-7-10-20(12-14)13(2)3/h1,13-14H,5-12H2,2-3H3,(H,17,21). The molecule has 2 rings (SSSR count). The minimum absolute atomic E-state index is 0.107. The van der Waals surface area contributed by atoms with Gasteiger partial charge >= 0.3 is 0 Å². The van der Waals surface area contributed by atoms with E-state index in [0.717, 1.165) is 26.1 Å². The Balaban J connectivity index is 1.59. The third-order valence-electron chi connectivity index (χ3n) is 4.44. The van der Waals surface area contributed by atoms with Crippen LogP contribution in [0.2, 0.25) is 0 Å². The average Bonchev–Trinajstić information content (AvgIpc) is 3.07. The van der Waals surface area contributed by atoms with E-state index in [2.05, 4.69) is 40.2 Å². The number of rotatable bonds is 8. The maximum atomic E-state index is 11.9. The highest BCUT2D eigenvalue weighted by Crippen LogP contribution is 2.37. The van der Waals surface area contributed by atoms with E-state index in [4.69, 9.17) is 6.42 Å². The SMILES string of the molecule is C#CCCC1(CCC(=O)NCC2CCN(C(C)C)C2)N=N1. The molecule has 5 nitrogen and oxygen atoms in total. The Morgan fingerprint density at radius 2 is 2.24 bits per heavy atom. The van der Waals surface area contributed by atoms with Crippen molar-refractivity contribution in [3.05, 3.63) is 0 Å². The first kappa shape index (κ1) is 16.0. The van der Waals surface area contributed by atoms with Crippen LogP contribution in [0.25, 0.3) is 0 Å². The number of terminal acetylenes is 1. The zero-order valence-electron chi connectivity index (χ0n) is 13.1. The number of carbonyl (C=O) groups is 1. The molecule has 1 unspecified atom stereocenters. The first-order chi connectivity index (χ1) is 10.0. The molecular formula is C16H26N4O. The van der Waals surface area contributed by atoms with Gasteiger partial charge in [0.1, 0.15) is 0 Å². The van der Waals surface area contributed by atoms with Crippen molar-refractivity contribution in [2.24, 2.45) is 16.1 Å². The molecule has 2 heterocycles. The van der Waals surface area contributed by atoms with Crippen molar-refractivity contribution in [2.45, 2.75) is 57.7 Å². The predicted molar refractivity (Wildman–Crippen MR) is 82.7 cm³/mol. The van der Waals surface area contributed by atoms with Gasteiger partial charge in [0.05, 0.1) is 0 Å². The summed E-state index contributed by atoms with van der Waals surface area (Å²) in [6.45, 7) is 7.46. The lowest BCUT2D eigenvalue weighted by Crippen LogP contribution is -2.33. The Morgan fingerprint density at radius 1 is 1.48 bits per heavy atom. The third kappa shape index (κ3) is 4.82. The van der Waals surface area contributed by atoms with Crippen LogP contribution in [0, 0.1) is 18.3 Å². The van der Waals surface area contributed by atoms with Gasteiger partial charge in [-0.1, -0.05) is 0 Å². The van der Waals surface area contributed by atoms with Crippen LogP contribution in [0.1, 0.15) is 46.0 Å². The number of carbonyl (C=O) groups excluding carboxylic acids is 1. The molecule has 0 radical (unpaired) electrons. The predicted octanol–water partition coefficient (Wildman–Crippen LogP) is 2.19. The van der Waals surface area contributed by atoms with Crippen molar-refractivity contribution in [3.8, 4) is 12.3 Å². The van der Waals surface area contributed by atoms with Gasteiger partial charge in [0.15, 0.2) is 5.66 Å². The summed E-state index contributed by atoms with van der Waals surface area (Å²) >= 11 is 0. The summed E-state index contributed by atoms with van der Waals surface area (Å²) in [6.07, 6.45) is 9.03. The van der Waals surface area contributed by atoms with Crippen LogP contribution in [0.3, 0.4) is 0 Å². The first-order valence-electron chi connectivity index (χ1n) is 7.93. The summed E-state index contributed by atoms with van der Waals surface area (Å²) in [4.78, 5) is 14.4.